The minimum absolute atomic E-state index is 0.0108. The van der Waals surface area contributed by atoms with Gasteiger partial charge in [0.1, 0.15) is 24.2 Å². The second-order valence-electron chi connectivity index (χ2n) is 11.5. The van der Waals surface area contributed by atoms with Crippen molar-refractivity contribution in [3.8, 4) is 5.75 Å². The maximum Gasteiger partial charge on any atom is 0.255 e. The highest BCUT2D eigenvalue weighted by Crippen LogP contribution is 2.34. The van der Waals surface area contributed by atoms with Crippen molar-refractivity contribution in [1.29, 1.82) is 0 Å². The molecule has 5 rings (SSSR count). The summed E-state index contributed by atoms with van der Waals surface area (Å²) in [6.07, 6.45) is -0.0976. The average molecular weight is 525 g/mol. The zero-order valence-corrected chi connectivity index (χ0v) is 22.2. The van der Waals surface area contributed by atoms with Gasteiger partial charge in [0.15, 0.2) is 0 Å². The number of nitrogens with one attached hydrogen (secondary N) is 1. The number of morpholine rings is 1. The van der Waals surface area contributed by atoms with Crippen molar-refractivity contribution in [2.75, 3.05) is 13.1 Å². The van der Waals surface area contributed by atoms with Gasteiger partial charge in [-0.3, -0.25) is 24.6 Å². The lowest BCUT2D eigenvalue weighted by atomic mass is 9.98. The summed E-state index contributed by atoms with van der Waals surface area (Å²) in [6.45, 7) is 10.3. The number of carbonyl (C=O) groups is 3. The minimum Gasteiger partial charge on any atom is -0.488 e. The van der Waals surface area contributed by atoms with E-state index in [2.05, 4.69) is 37.9 Å². The van der Waals surface area contributed by atoms with Gasteiger partial charge in [0.05, 0.1) is 19.1 Å². The Balaban J connectivity index is 1.27. The van der Waals surface area contributed by atoms with E-state index in [-0.39, 0.29) is 43.0 Å². The average Bonchev–Trinajstić information content (AvgIpc) is 3.17. The molecule has 3 heterocycles. The van der Waals surface area contributed by atoms with Crippen molar-refractivity contribution in [2.24, 2.45) is 0 Å². The molecule has 3 amide bonds. The molecule has 8 nitrogen and oxygen atoms in total. The van der Waals surface area contributed by atoms with Crippen LogP contribution in [0.2, 0.25) is 0 Å². The number of halogens is 1. The summed E-state index contributed by atoms with van der Waals surface area (Å²) in [5, 5.41) is 2.16. The molecule has 38 heavy (non-hydrogen) atoms. The fourth-order valence-corrected chi connectivity index (χ4v) is 5.80. The summed E-state index contributed by atoms with van der Waals surface area (Å²) in [5.41, 5.74) is 1.51. The second kappa shape index (κ2) is 9.78. The molecule has 2 fully saturated rings. The SMILES string of the molecule is [2H][C@]1(N2Cc3c(OCc4ccc(CN5CC(C)(C)OC(C)(C)C5)cc4F)cccc3C2=O)CCC(=O)NC1=O. The van der Waals surface area contributed by atoms with Gasteiger partial charge in [0.2, 0.25) is 11.8 Å². The number of hydrogen-bond donors (Lipinski definition) is 1. The molecule has 202 valence electrons. The van der Waals surface area contributed by atoms with Gasteiger partial charge in [-0.05, 0) is 57.9 Å². The summed E-state index contributed by atoms with van der Waals surface area (Å²) < 4.78 is 35.8. The van der Waals surface area contributed by atoms with Crippen LogP contribution < -0.4 is 10.1 Å². The summed E-state index contributed by atoms with van der Waals surface area (Å²) in [5.74, 6) is -1.73. The highest BCUT2D eigenvalue weighted by molar-refractivity contribution is 6.05. The van der Waals surface area contributed by atoms with Gasteiger partial charge >= 0.3 is 0 Å². The summed E-state index contributed by atoms with van der Waals surface area (Å²) in [4.78, 5) is 40.6. The Morgan fingerprint density at radius 3 is 2.55 bits per heavy atom. The number of imide groups is 1. The fraction of sp³-hybridized carbons (Fsp3) is 0.483. The molecule has 1 N–H and O–H groups in total. The Labute approximate surface area is 223 Å². The quantitative estimate of drug-likeness (QED) is 0.582. The number of hydrogen-bond acceptors (Lipinski definition) is 6. The lowest BCUT2D eigenvalue weighted by molar-refractivity contribution is -0.182. The molecule has 0 aromatic heterocycles. The molecule has 0 saturated carbocycles. The summed E-state index contributed by atoms with van der Waals surface area (Å²) in [7, 11) is 0. The number of amides is 3. The molecule has 1 atom stereocenters. The van der Waals surface area contributed by atoms with Crippen molar-refractivity contribution < 1.29 is 29.6 Å². The van der Waals surface area contributed by atoms with E-state index >= 15 is 4.39 Å². The molecule has 0 bridgehead atoms. The predicted molar refractivity (Wildman–Crippen MR) is 138 cm³/mol. The van der Waals surface area contributed by atoms with E-state index in [9.17, 15) is 14.4 Å². The maximum absolute atomic E-state index is 15.1. The van der Waals surface area contributed by atoms with Crippen LogP contribution in [-0.2, 0) is 34.0 Å². The first kappa shape index (κ1) is 25.0. The topological polar surface area (TPSA) is 88.2 Å². The highest BCUT2D eigenvalue weighted by Gasteiger charge is 2.40. The van der Waals surface area contributed by atoms with Crippen LogP contribution in [0.5, 0.6) is 5.75 Å². The summed E-state index contributed by atoms with van der Waals surface area (Å²) >= 11 is 0. The molecular weight excluding hydrogens is 489 g/mol. The van der Waals surface area contributed by atoms with Gasteiger partial charge in [-0.2, -0.15) is 0 Å². The predicted octanol–water partition coefficient (Wildman–Crippen LogP) is 3.56. The van der Waals surface area contributed by atoms with Crippen LogP contribution in [0.15, 0.2) is 36.4 Å². The van der Waals surface area contributed by atoms with Crippen molar-refractivity contribution >= 4 is 17.7 Å². The number of rotatable bonds is 6. The first-order chi connectivity index (χ1) is 18.3. The maximum atomic E-state index is 15.1. The van der Waals surface area contributed by atoms with Crippen LogP contribution in [0, 0.1) is 5.82 Å². The number of benzene rings is 2. The third kappa shape index (κ3) is 5.44. The lowest BCUT2D eigenvalue weighted by Gasteiger charge is -2.47. The molecule has 3 aliphatic rings. The third-order valence-electron chi connectivity index (χ3n) is 7.02. The van der Waals surface area contributed by atoms with Gasteiger partial charge in [-0.1, -0.05) is 18.2 Å². The molecular formula is C29H34FN3O5. The van der Waals surface area contributed by atoms with E-state index in [4.69, 9.17) is 10.8 Å². The van der Waals surface area contributed by atoms with Crippen LogP contribution in [0.25, 0.3) is 0 Å². The Morgan fingerprint density at radius 1 is 1.13 bits per heavy atom. The first-order valence-electron chi connectivity index (χ1n) is 13.4. The molecule has 2 saturated heterocycles. The van der Waals surface area contributed by atoms with Crippen molar-refractivity contribution in [1.82, 2.24) is 15.1 Å². The van der Waals surface area contributed by atoms with Gasteiger partial charge < -0.3 is 14.4 Å². The van der Waals surface area contributed by atoms with E-state index in [0.717, 1.165) is 23.6 Å². The van der Waals surface area contributed by atoms with Crippen LogP contribution >= 0.6 is 0 Å². The Kier molecular flexibility index (Phi) is 6.44. The molecule has 0 aliphatic carbocycles. The van der Waals surface area contributed by atoms with E-state index in [1.54, 1.807) is 24.3 Å². The molecule has 0 unspecified atom stereocenters. The highest BCUT2D eigenvalue weighted by atomic mass is 19.1. The van der Waals surface area contributed by atoms with Crippen LogP contribution in [0.1, 0.15) is 69.0 Å². The van der Waals surface area contributed by atoms with E-state index in [1.165, 1.54) is 6.07 Å². The molecule has 2 aromatic carbocycles. The van der Waals surface area contributed by atoms with Crippen LogP contribution in [-0.4, -0.2) is 57.8 Å². The minimum atomic E-state index is -1.88. The van der Waals surface area contributed by atoms with Crippen molar-refractivity contribution in [2.45, 2.75) is 77.5 Å². The molecule has 0 spiro atoms. The molecule has 0 radical (unpaired) electrons. The van der Waals surface area contributed by atoms with Gasteiger partial charge in [0, 0.05) is 42.7 Å². The zero-order valence-electron chi connectivity index (χ0n) is 23.2. The summed E-state index contributed by atoms with van der Waals surface area (Å²) in [6, 6.07) is 8.21. The largest absolute Gasteiger partial charge is 0.488 e. The number of carbonyl (C=O) groups excluding carboxylic acids is 3. The van der Waals surface area contributed by atoms with E-state index in [1.807, 2.05) is 6.07 Å². The Morgan fingerprint density at radius 2 is 1.87 bits per heavy atom. The number of fused-ring (bicyclic) bond motifs is 1. The van der Waals surface area contributed by atoms with Crippen molar-refractivity contribution in [3.05, 3.63) is 64.5 Å². The van der Waals surface area contributed by atoms with Gasteiger partial charge in [-0.25, -0.2) is 4.39 Å². The fourth-order valence-electron chi connectivity index (χ4n) is 5.80. The van der Waals surface area contributed by atoms with E-state index in [0.29, 0.717) is 29.0 Å². The number of ether oxygens (including phenoxy) is 2. The van der Waals surface area contributed by atoms with Crippen molar-refractivity contribution in [3.63, 3.8) is 0 Å². The molecule has 2 aromatic rings. The Hall–Kier alpha value is -3.30. The zero-order chi connectivity index (χ0) is 28.2. The Bertz CT molecular complexity index is 1330. The van der Waals surface area contributed by atoms with E-state index < -0.39 is 23.7 Å². The normalized spacial score (nSPS) is 25.1. The van der Waals surface area contributed by atoms with Crippen LogP contribution in [0.4, 0.5) is 4.39 Å². The smallest absolute Gasteiger partial charge is 0.255 e. The van der Waals surface area contributed by atoms with Gasteiger partial charge in [0.25, 0.3) is 5.91 Å². The standard InChI is InChI=1S/C29H34FN3O5/c1-28(2)16-32(17-29(3,4)38-28)13-18-8-9-19(22(30)12-18)15-37-24-7-5-6-20-21(24)14-33(27(20)36)23-10-11-25(34)31-26(23)35/h5-9,12,23H,10-11,13-17H2,1-4H3,(H,31,34,35)/t23-/m0/s1/i23D. The molecule has 9 heteroatoms. The second-order valence-corrected chi connectivity index (χ2v) is 11.5. The van der Waals surface area contributed by atoms with Crippen LogP contribution in [0.3, 0.4) is 0 Å². The first-order valence-corrected chi connectivity index (χ1v) is 12.9. The monoisotopic (exact) mass is 524 g/mol. The van der Waals surface area contributed by atoms with Gasteiger partial charge in [-0.15, -0.1) is 0 Å². The molecule has 3 aliphatic heterocycles. The number of nitrogens with zero attached hydrogens (tertiary/aromatic N) is 2. The third-order valence-corrected chi connectivity index (χ3v) is 7.02. The lowest BCUT2D eigenvalue weighted by Crippen LogP contribution is -2.56. The number of piperidine rings is 1.